The van der Waals surface area contributed by atoms with Gasteiger partial charge in [-0.3, -0.25) is 0 Å². The molecule has 5 aliphatic rings. The van der Waals surface area contributed by atoms with E-state index in [1.807, 2.05) is 0 Å². The van der Waals surface area contributed by atoms with Gasteiger partial charge in [0.2, 0.25) is 5.89 Å². The predicted octanol–water partition coefficient (Wildman–Crippen LogP) is 5.40. The van der Waals surface area contributed by atoms with E-state index >= 15 is 0 Å². The van der Waals surface area contributed by atoms with E-state index < -0.39 is 11.4 Å². The number of aromatic nitrogens is 2. The number of benzene rings is 1. The van der Waals surface area contributed by atoms with Gasteiger partial charge in [0.1, 0.15) is 10.8 Å². The van der Waals surface area contributed by atoms with Gasteiger partial charge in [-0.2, -0.15) is 4.98 Å². The fourth-order valence-corrected chi connectivity index (χ4v) is 9.80. The lowest BCUT2D eigenvalue weighted by molar-refractivity contribution is 0.0293. The van der Waals surface area contributed by atoms with Crippen molar-refractivity contribution in [1.29, 1.82) is 0 Å². The molecule has 1 aromatic carbocycles. The Labute approximate surface area is 194 Å². The summed E-state index contributed by atoms with van der Waals surface area (Å²) in [5.74, 6) is 3.92. The average molecular weight is 454 g/mol. The van der Waals surface area contributed by atoms with Gasteiger partial charge in [0.05, 0.1) is 0 Å². The summed E-state index contributed by atoms with van der Waals surface area (Å²) in [6.45, 7) is 0.894. The van der Waals surface area contributed by atoms with E-state index in [0.29, 0.717) is 5.89 Å². The number of nitrogens with zero attached hydrogens (tertiary/aromatic N) is 3. The van der Waals surface area contributed by atoms with Gasteiger partial charge in [-0.15, -0.1) is 4.31 Å². The zero-order valence-corrected chi connectivity index (χ0v) is 19.8. The summed E-state index contributed by atoms with van der Waals surface area (Å²) in [5, 5.41) is 4.30. The molecule has 4 bridgehead atoms. The Kier molecular flexibility index (Phi) is 5.80. The zero-order valence-electron chi connectivity index (χ0n) is 19.0. The maximum absolute atomic E-state index is 14.1. The van der Waals surface area contributed by atoms with Gasteiger partial charge in [0.25, 0.3) is 0 Å². The van der Waals surface area contributed by atoms with Crippen LogP contribution in [0.15, 0.2) is 34.9 Å². The second-order valence-electron chi connectivity index (χ2n) is 10.9. The molecule has 0 amide bonds. The van der Waals surface area contributed by atoms with Crippen LogP contribution in [-0.4, -0.2) is 30.3 Å². The molecule has 1 saturated heterocycles. The average Bonchev–Trinajstić information content (AvgIpc) is 3.27. The minimum Gasteiger partial charge on any atom is -0.597 e. The lowest BCUT2D eigenvalue weighted by atomic mass is 9.56. The molecular weight excluding hydrogens is 418 g/mol. The van der Waals surface area contributed by atoms with Crippen molar-refractivity contribution in [2.75, 3.05) is 6.54 Å². The van der Waals surface area contributed by atoms with E-state index in [0.717, 1.165) is 68.6 Å². The van der Waals surface area contributed by atoms with E-state index in [9.17, 15) is 4.55 Å². The third-order valence-corrected chi connectivity index (χ3v) is 10.6. The Hall–Kier alpha value is -1.37. The summed E-state index contributed by atoms with van der Waals surface area (Å²) in [4.78, 5) is 4.79. The zero-order chi connectivity index (χ0) is 21.5. The van der Waals surface area contributed by atoms with Crippen LogP contribution in [0.3, 0.4) is 0 Å². The van der Waals surface area contributed by atoms with Gasteiger partial charge in [-0.1, -0.05) is 35.5 Å². The topological polar surface area (TPSA) is 65.2 Å². The van der Waals surface area contributed by atoms with Crippen LogP contribution >= 0.6 is 0 Å². The lowest BCUT2D eigenvalue weighted by Gasteiger charge is -2.57. The monoisotopic (exact) mass is 453 g/mol. The van der Waals surface area contributed by atoms with Crippen LogP contribution in [0.1, 0.15) is 87.5 Å². The van der Waals surface area contributed by atoms with Crippen molar-refractivity contribution in [3.8, 4) is 0 Å². The smallest absolute Gasteiger partial charge is 0.248 e. The minimum absolute atomic E-state index is 0.0167. The molecule has 5 nitrogen and oxygen atoms in total. The first kappa shape index (κ1) is 21.2. The van der Waals surface area contributed by atoms with Crippen molar-refractivity contribution in [3.05, 3.63) is 47.6 Å². The van der Waals surface area contributed by atoms with Gasteiger partial charge in [-0.05, 0) is 74.7 Å². The van der Waals surface area contributed by atoms with Crippen molar-refractivity contribution < 1.29 is 9.08 Å². The molecule has 1 aliphatic heterocycles. The molecule has 0 spiro atoms. The van der Waals surface area contributed by atoms with Crippen LogP contribution in [0.4, 0.5) is 0 Å². The maximum atomic E-state index is 14.1. The highest BCUT2D eigenvalue weighted by Gasteiger charge is 2.60. The number of rotatable bonds is 7. The number of hydrogen-bond donors (Lipinski definition) is 0. The second kappa shape index (κ2) is 8.77. The fourth-order valence-electron chi connectivity index (χ4n) is 7.44. The van der Waals surface area contributed by atoms with Crippen molar-refractivity contribution in [2.24, 2.45) is 17.8 Å². The number of hydrogen-bond acceptors (Lipinski definition) is 5. The van der Waals surface area contributed by atoms with Crippen LogP contribution in [0.5, 0.6) is 0 Å². The normalized spacial score (nSPS) is 35.3. The van der Waals surface area contributed by atoms with Crippen LogP contribution in [0.2, 0.25) is 0 Å². The molecule has 32 heavy (non-hydrogen) atoms. The Morgan fingerprint density at radius 2 is 1.72 bits per heavy atom. The van der Waals surface area contributed by atoms with Gasteiger partial charge in [0, 0.05) is 43.6 Å². The lowest BCUT2D eigenvalue weighted by Crippen LogP contribution is -2.59. The second-order valence-corrected chi connectivity index (χ2v) is 12.7. The maximum Gasteiger partial charge on any atom is 0.248 e. The molecule has 7 rings (SSSR count). The van der Waals surface area contributed by atoms with E-state index in [1.165, 1.54) is 44.1 Å². The molecule has 2 aromatic rings. The highest BCUT2D eigenvalue weighted by molar-refractivity contribution is 7.90. The standard InChI is InChI=1S/C26H35N3O2S/c30-32(26-16-20-13-21(17-26)15-22(14-20)18-26)29-12-5-4-10-23(29)25-27-24(28-31-25)11-6-9-19-7-2-1-3-8-19/h1-3,7-8,20-23H,4-6,9-18H2/t20?,21?,22?,23-,26?,32?/m0/s1. The van der Waals surface area contributed by atoms with Crippen molar-refractivity contribution in [2.45, 2.75) is 87.8 Å². The molecule has 1 unspecified atom stereocenters. The first-order valence-electron chi connectivity index (χ1n) is 12.7. The molecule has 0 N–H and O–H groups in total. The summed E-state index contributed by atoms with van der Waals surface area (Å²) in [6, 6.07) is 10.6. The third-order valence-electron chi connectivity index (χ3n) is 8.50. The van der Waals surface area contributed by atoms with Gasteiger partial charge >= 0.3 is 0 Å². The Bertz CT molecular complexity index is 882. The molecule has 5 fully saturated rings. The number of aryl methyl sites for hydroxylation is 2. The van der Waals surface area contributed by atoms with E-state index in [4.69, 9.17) is 9.51 Å². The van der Waals surface area contributed by atoms with Gasteiger partial charge < -0.3 is 9.08 Å². The van der Waals surface area contributed by atoms with Gasteiger partial charge in [-0.25, -0.2) is 0 Å². The SMILES string of the molecule is [O-][S+](N1CCCC[C@H]1c1nc(CCCc2ccccc2)no1)C12CC3CC(CC(C3)C1)C2. The van der Waals surface area contributed by atoms with Crippen molar-refractivity contribution in [3.63, 3.8) is 0 Å². The quantitative estimate of drug-likeness (QED) is 0.525. The minimum atomic E-state index is -0.957. The summed E-state index contributed by atoms with van der Waals surface area (Å²) in [6.07, 6.45) is 13.8. The first-order valence-corrected chi connectivity index (χ1v) is 13.8. The molecule has 172 valence electrons. The molecule has 6 heteroatoms. The Morgan fingerprint density at radius 3 is 2.44 bits per heavy atom. The molecule has 2 heterocycles. The fraction of sp³-hybridized carbons (Fsp3) is 0.692. The van der Waals surface area contributed by atoms with Crippen LogP contribution in [-0.2, 0) is 24.2 Å². The molecule has 0 radical (unpaired) electrons. The van der Waals surface area contributed by atoms with Crippen molar-refractivity contribution >= 4 is 11.4 Å². The predicted molar refractivity (Wildman–Crippen MR) is 125 cm³/mol. The summed E-state index contributed by atoms with van der Waals surface area (Å²) >= 11 is -0.957. The highest BCUT2D eigenvalue weighted by atomic mass is 32.2. The molecule has 2 atom stereocenters. The highest BCUT2D eigenvalue weighted by Crippen LogP contribution is 2.59. The largest absolute Gasteiger partial charge is 0.597 e. The van der Waals surface area contributed by atoms with Crippen LogP contribution < -0.4 is 0 Å². The molecule has 4 saturated carbocycles. The molecule has 4 aliphatic carbocycles. The van der Waals surface area contributed by atoms with Gasteiger partial charge in [0.15, 0.2) is 5.82 Å². The Morgan fingerprint density at radius 1 is 1.00 bits per heavy atom. The summed E-state index contributed by atoms with van der Waals surface area (Å²) < 4.78 is 22.2. The molecule has 1 aromatic heterocycles. The van der Waals surface area contributed by atoms with E-state index in [2.05, 4.69) is 39.8 Å². The summed E-state index contributed by atoms with van der Waals surface area (Å²) in [5.41, 5.74) is 1.35. The third kappa shape index (κ3) is 4.03. The van der Waals surface area contributed by atoms with Crippen molar-refractivity contribution in [1.82, 2.24) is 14.4 Å². The van der Waals surface area contributed by atoms with E-state index in [-0.39, 0.29) is 10.8 Å². The van der Waals surface area contributed by atoms with Crippen LogP contribution in [0, 0.1) is 17.8 Å². The Balaban J connectivity index is 1.14. The van der Waals surface area contributed by atoms with Crippen LogP contribution in [0.25, 0.3) is 0 Å². The number of piperidine rings is 1. The molecular formula is C26H35N3O2S. The summed E-state index contributed by atoms with van der Waals surface area (Å²) in [7, 11) is 0. The van der Waals surface area contributed by atoms with E-state index in [1.54, 1.807) is 0 Å². The first-order chi connectivity index (χ1) is 15.7.